The Morgan fingerprint density at radius 3 is 2.74 bits per heavy atom. The van der Waals surface area contributed by atoms with Gasteiger partial charge in [0.25, 0.3) is 0 Å². The van der Waals surface area contributed by atoms with Gasteiger partial charge in [0.05, 0.1) is 6.04 Å². The Kier molecular flexibility index (Phi) is 5.70. The molecule has 126 valence electrons. The lowest BCUT2D eigenvalue weighted by atomic mass is 10.2. The third kappa shape index (κ3) is 5.55. The Bertz CT molecular complexity index is 676. The van der Waals surface area contributed by atoms with Gasteiger partial charge in [-0.05, 0) is 52.0 Å². The SMILES string of the molecule is CC(NCCNC(=O)OC(C)(C)C)c1cc2cc(Br)ccc2o1. The minimum atomic E-state index is -0.479. The van der Waals surface area contributed by atoms with Gasteiger partial charge in [0.15, 0.2) is 0 Å². The summed E-state index contributed by atoms with van der Waals surface area (Å²) in [4.78, 5) is 11.5. The first-order valence-corrected chi connectivity index (χ1v) is 8.43. The van der Waals surface area contributed by atoms with Crippen molar-refractivity contribution in [2.24, 2.45) is 0 Å². The van der Waals surface area contributed by atoms with Crippen LogP contribution in [0.15, 0.2) is 33.2 Å². The normalized spacial score (nSPS) is 13.1. The number of fused-ring (bicyclic) bond motifs is 1. The predicted molar refractivity (Wildman–Crippen MR) is 94.6 cm³/mol. The number of carbonyl (C=O) groups is 1. The number of carbonyl (C=O) groups excluding carboxylic acids is 1. The molecule has 0 saturated heterocycles. The molecule has 0 aliphatic rings. The molecule has 0 radical (unpaired) electrons. The molecule has 5 nitrogen and oxygen atoms in total. The zero-order valence-electron chi connectivity index (χ0n) is 13.9. The van der Waals surface area contributed by atoms with E-state index in [0.29, 0.717) is 13.1 Å². The fourth-order valence-corrected chi connectivity index (χ4v) is 2.49. The summed E-state index contributed by atoms with van der Waals surface area (Å²) in [5.41, 5.74) is 0.386. The number of ether oxygens (including phenoxy) is 1. The highest BCUT2D eigenvalue weighted by Gasteiger charge is 2.16. The van der Waals surface area contributed by atoms with Crippen LogP contribution in [0.25, 0.3) is 11.0 Å². The van der Waals surface area contributed by atoms with E-state index in [1.807, 2.05) is 52.0 Å². The molecular formula is C17H23BrN2O3. The summed E-state index contributed by atoms with van der Waals surface area (Å²) < 4.78 is 12.0. The number of hydrogen-bond donors (Lipinski definition) is 2. The Morgan fingerprint density at radius 1 is 1.30 bits per heavy atom. The second-order valence-electron chi connectivity index (χ2n) is 6.44. The van der Waals surface area contributed by atoms with Crippen molar-refractivity contribution in [1.82, 2.24) is 10.6 Å². The molecule has 2 aromatic rings. The Balaban J connectivity index is 1.80. The molecule has 0 fully saturated rings. The lowest BCUT2D eigenvalue weighted by molar-refractivity contribution is 0.0528. The van der Waals surface area contributed by atoms with Crippen LogP contribution in [0.1, 0.15) is 39.5 Å². The van der Waals surface area contributed by atoms with E-state index in [-0.39, 0.29) is 6.04 Å². The van der Waals surface area contributed by atoms with Crippen molar-refractivity contribution >= 4 is 33.0 Å². The molecule has 0 spiro atoms. The molecular weight excluding hydrogens is 360 g/mol. The average molecular weight is 383 g/mol. The summed E-state index contributed by atoms with van der Waals surface area (Å²) in [6, 6.07) is 8.01. The highest BCUT2D eigenvalue weighted by atomic mass is 79.9. The number of furan rings is 1. The molecule has 1 heterocycles. The summed E-state index contributed by atoms with van der Waals surface area (Å²) in [5, 5.41) is 7.10. The number of hydrogen-bond acceptors (Lipinski definition) is 4. The molecule has 1 atom stereocenters. The van der Waals surface area contributed by atoms with Crippen molar-refractivity contribution in [3.8, 4) is 0 Å². The van der Waals surface area contributed by atoms with Gasteiger partial charge in [0.1, 0.15) is 16.9 Å². The van der Waals surface area contributed by atoms with Gasteiger partial charge in [0.2, 0.25) is 0 Å². The maximum Gasteiger partial charge on any atom is 0.407 e. The van der Waals surface area contributed by atoms with E-state index < -0.39 is 11.7 Å². The average Bonchev–Trinajstić information content (AvgIpc) is 2.84. The van der Waals surface area contributed by atoms with Crippen molar-refractivity contribution in [2.75, 3.05) is 13.1 Å². The van der Waals surface area contributed by atoms with Crippen LogP contribution in [0.2, 0.25) is 0 Å². The van der Waals surface area contributed by atoms with E-state index in [1.54, 1.807) is 0 Å². The predicted octanol–water partition coefficient (Wildman–Crippen LogP) is 4.37. The van der Waals surface area contributed by atoms with E-state index in [2.05, 4.69) is 26.6 Å². The molecule has 23 heavy (non-hydrogen) atoms. The third-order valence-electron chi connectivity index (χ3n) is 3.17. The monoisotopic (exact) mass is 382 g/mol. The third-order valence-corrected chi connectivity index (χ3v) is 3.66. The highest BCUT2D eigenvalue weighted by Crippen LogP contribution is 2.26. The minimum absolute atomic E-state index is 0.0570. The van der Waals surface area contributed by atoms with E-state index >= 15 is 0 Å². The van der Waals surface area contributed by atoms with Crippen LogP contribution in [0.4, 0.5) is 4.79 Å². The molecule has 0 aliphatic carbocycles. The van der Waals surface area contributed by atoms with Gasteiger partial charge < -0.3 is 19.8 Å². The summed E-state index contributed by atoms with van der Waals surface area (Å²) in [7, 11) is 0. The summed E-state index contributed by atoms with van der Waals surface area (Å²) in [6.07, 6.45) is -0.402. The highest BCUT2D eigenvalue weighted by molar-refractivity contribution is 9.10. The minimum Gasteiger partial charge on any atom is -0.459 e. The van der Waals surface area contributed by atoms with Gasteiger partial charge >= 0.3 is 6.09 Å². The summed E-state index contributed by atoms with van der Waals surface area (Å²) >= 11 is 3.45. The molecule has 2 rings (SSSR count). The van der Waals surface area contributed by atoms with Crippen LogP contribution in [0.5, 0.6) is 0 Å². The van der Waals surface area contributed by atoms with Crippen molar-refractivity contribution in [2.45, 2.75) is 39.3 Å². The Labute approximate surface area is 144 Å². The lowest BCUT2D eigenvalue weighted by Gasteiger charge is -2.20. The molecule has 0 saturated carbocycles. The topological polar surface area (TPSA) is 63.5 Å². The fraction of sp³-hybridized carbons (Fsp3) is 0.471. The second-order valence-corrected chi connectivity index (χ2v) is 7.35. The lowest BCUT2D eigenvalue weighted by Crippen LogP contribution is -2.36. The zero-order chi connectivity index (χ0) is 17.0. The fourth-order valence-electron chi connectivity index (χ4n) is 2.12. The van der Waals surface area contributed by atoms with Crippen LogP contribution in [-0.4, -0.2) is 24.8 Å². The standard InChI is InChI=1S/C17H23BrN2O3/c1-11(19-7-8-20-16(21)23-17(2,3)4)15-10-12-9-13(18)5-6-14(12)22-15/h5-6,9-11,19H,7-8H2,1-4H3,(H,20,21). The first kappa shape index (κ1) is 17.8. The summed E-state index contributed by atoms with van der Waals surface area (Å²) in [6.45, 7) is 8.67. The van der Waals surface area contributed by atoms with Crippen molar-refractivity contribution in [3.05, 3.63) is 34.5 Å². The molecule has 1 aromatic heterocycles. The molecule has 0 aliphatic heterocycles. The molecule has 0 bridgehead atoms. The van der Waals surface area contributed by atoms with Crippen LogP contribution in [0, 0.1) is 0 Å². The first-order chi connectivity index (χ1) is 10.7. The molecule has 1 amide bonds. The largest absolute Gasteiger partial charge is 0.459 e. The molecule has 1 unspecified atom stereocenters. The number of nitrogens with one attached hydrogen (secondary N) is 2. The van der Waals surface area contributed by atoms with Crippen molar-refractivity contribution < 1.29 is 13.9 Å². The van der Waals surface area contributed by atoms with Crippen LogP contribution in [-0.2, 0) is 4.74 Å². The molecule has 2 N–H and O–H groups in total. The van der Waals surface area contributed by atoms with Gasteiger partial charge in [-0.2, -0.15) is 0 Å². The first-order valence-electron chi connectivity index (χ1n) is 7.64. The number of rotatable bonds is 5. The van der Waals surface area contributed by atoms with Gasteiger partial charge in [0, 0.05) is 22.9 Å². The zero-order valence-corrected chi connectivity index (χ0v) is 15.5. The van der Waals surface area contributed by atoms with E-state index in [1.165, 1.54) is 0 Å². The van der Waals surface area contributed by atoms with Gasteiger partial charge in [-0.1, -0.05) is 15.9 Å². The smallest absolute Gasteiger partial charge is 0.407 e. The number of alkyl carbamates (subject to hydrolysis) is 1. The van der Waals surface area contributed by atoms with Gasteiger partial charge in [-0.3, -0.25) is 0 Å². The van der Waals surface area contributed by atoms with Gasteiger partial charge in [-0.25, -0.2) is 4.79 Å². The molecule has 1 aromatic carbocycles. The Hall–Kier alpha value is -1.53. The second kappa shape index (κ2) is 7.36. The van der Waals surface area contributed by atoms with Crippen molar-refractivity contribution in [3.63, 3.8) is 0 Å². The number of halogens is 1. The van der Waals surface area contributed by atoms with Crippen molar-refractivity contribution in [1.29, 1.82) is 0 Å². The number of benzene rings is 1. The quantitative estimate of drug-likeness (QED) is 0.753. The van der Waals surface area contributed by atoms with E-state index in [4.69, 9.17) is 9.15 Å². The summed E-state index contributed by atoms with van der Waals surface area (Å²) in [5.74, 6) is 0.871. The maximum absolute atomic E-state index is 11.5. The van der Waals surface area contributed by atoms with Gasteiger partial charge in [-0.15, -0.1) is 0 Å². The van der Waals surface area contributed by atoms with E-state index in [9.17, 15) is 4.79 Å². The van der Waals surface area contributed by atoms with E-state index in [0.717, 1.165) is 21.2 Å². The van der Waals surface area contributed by atoms with Crippen LogP contribution < -0.4 is 10.6 Å². The number of amides is 1. The van der Waals surface area contributed by atoms with Crippen LogP contribution >= 0.6 is 15.9 Å². The van der Waals surface area contributed by atoms with Crippen LogP contribution in [0.3, 0.4) is 0 Å². The Morgan fingerprint density at radius 2 is 2.04 bits per heavy atom. The molecule has 6 heteroatoms. The maximum atomic E-state index is 11.5.